The Morgan fingerprint density at radius 2 is 2.20 bits per heavy atom. The number of hydrogen-bond acceptors (Lipinski definition) is 1. The molecule has 0 saturated carbocycles. The molecule has 58 valence electrons. The summed E-state index contributed by atoms with van der Waals surface area (Å²) in [7, 11) is -4.03. The molecular weight excluding hydrogens is 151 g/mol. The van der Waals surface area contributed by atoms with E-state index in [9.17, 15) is 4.57 Å². The van der Waals surface area contributed by atoms with Crippen molar-refractivity contribution < 1.29 is 14.4 Å². The first-order valence-corrected chi connectivity index (χ1v) is 4.72. The lowest BCUT2D eigenvalue weighted by Crippen LogP contribution is -2.03. The van der Waals surface area contributed by atoms with Gasteiger partial charge in [0.05, 0.1) is 0 Å². The lowest BCUT2D eigenvalue weighted by atomic mass is 10.2. The van der Waals surface area contributed by atoms with Gasteiger partial charge in [0.2, 0.25) is 0 Å². The molecule has 2 N–H and O–H groups in total. The van der Waals surface area contributed by atoms with Gasteiger partial charge in [-0.3, -0.25) is 4.57 Å². The van der Waals surface area contributed by atoms with Crippen LogP contribution in [0.2, 0.25) is 0 Å². The minimum Gasteiger partial charge on any atom is -0.324 e. The molecule has 0 aromatic carbocycles. The second-order valence-electron chi connectivity index (χ2n) is 2.06. The van der Waals surface area contributed by atoms with Crippen molar-refractivity contribution in [3.63, 3.8) is 0 Å². The van der Waals surface area contributed by atoms with Crippen LogP contribution in [0.3, 0.4) is 0 Å². The third-order valence-corrected chi connectivity index (χ3v) is 2.38. The average molecular weight is 162 g/mol. The Kier molecular flexibility index (Phi) is 3.67. The molecule has 0 aromatic heterocycles. The van der Waals surface area contributed by atoms with Crippen LogP contribution >= 0.6 is 7.60 Å². The number of rotatable bonds is 3. The summed E-state index contributed by atoms with van der Waals surface area (Å²) < 4.78 is 10.5. The quantitative estimate of drug-likeness (QED) is 0.480. The van der Waals surface area contributed by atoms with Crippen LogP contribution in [0.1, 0.15) is 19.8 Å². The van der Waals surface area contributed by atoms with Crippen LogP contribution in [0.5, 0.6) is 0 Å². The van der Waals surface area contributed by atoms with Crippen molar-refractivity contribution in [2.24, 2.45) is 0 Å². The molecule has 0 amide bonds. The predicted molar refractivity (Wildman–Crippen MR) is 39.6 cm³/mol. The highest BCUT2D eigenvalue weighted by Crippen LogP contribution is 2.42. The lowest BCUT2D eigenvalue weighted by Gasteiger charge is -2.09. The standard InChI is InChI=1S/C6H11O3P/c1-3-5-6(4-2)10(7,8)9/h2,6H,3,5H2,1H3,(H2,7,8,9). The van der Waals surface area contributed by atoms with E-state index in [1.54, 1.807) is 0 Å². The fourth-order valence-corrected chi connectivity index (χ4v) is 1.41. The van der Waals surface area contributed by atoms with Gasteiger partial charge in [0.25, 0.3) is 0 Å². The third kappa shape index (κ3) is 3.03. The van der Waals surface area contributed by atoms with Gasteiger partial charge in [-0.2, -0.15) is 0 Å². The van der Waals surface area contributed by atoms with E-state index in [2.05, 4.69) is 5.92 Å². The van der Waals surface area contributed by atoms with Gasteiger partial charge in [-0.05, 0) is 6.42 Å². The highest BCUT2D eigenvalue weighted by atomic mass is 31.2. The van der Waals surface area contributed by atoms with Crippen LogP contribution in [-0.4, -0.2) is 15.4 Å². The summed E-state index contributed by atoms with van der Waals surface area (Å²) in [6.07, 6.45) is 5.99. The van der Waals surface area contributed by atoms with E-state index in [-0.39, 0.29) is 0 Å². The summed E-state index contributed by atoms with van der Waals surface area (Å²) in [5, 5.41) is 0. The zero-order valence-corrected chi connectivity index (χ0v) is 6.71. The third-order valence-electron chi connectivity index (χ3n) is 1.16. The average Bonchev–Trinajstić information content (AvgIpc) is 1.80. The maximum Gasteiger partial charge on any atom is 0.340 e. The van der Waals surface area contributed by atoms with Crippen molar-refractivity contribution in [3.05, 3.63) is 0 Å². The first kappa shape index (κ1) is 9.71. The van der Waals surface area contributed by atoms with Gasteiger partial charge in [-0.15, -0.1) is 6.42 Å². The maximum absolute atomic E-state index is 10.5. The molecule has 10 heavy (non-hydrogen) atoms. The minimum absolute atomic E-state index is 0.390. The molecule has 0 saturated heterocycles. The first-order valence-electron chi connectivity index (χ1n) is 3.03. The van der Waals surface area contributed by atoms with E-state index < -0.39 is 13.3 Å². The van der Waals surface area contributed by atoms with E-state index in [4.69, 9.17) is 16.2 Å². The van der Waals surface area contributed by atoms with Crippen LogP contribution in [0.15, 0.2) is 0 Å². The molecule has 1 atom stereocenters. The smallest absolute Gasteiger partial charge is 0.324 e. The summed E-state index contributed by atoms with van der Waals surface area (Å²) >= 11 is 0. The molecule has 3 nitrogen and oxygen atoms in total. The van der Waals surface area contributed by atoms with Crippen molar-refractivity contribution in [1.82, 2.24) is 0 Å². The topological polar surface area (TPSA) is 57.5 Å². The summed E-state index contributed by atoms with van der Waals surface area (Å²) in [6.45, 7) is 1.83. The predicted octanol–water partition coefficient (Wildman–Crippen LogP) is 0.966. The Hall–Kier alpha value is -0.290. The van der Waals surface area contributed by atoms with Crippen LogP contribution in [0.4, 0.5) is 0 Å². The van der Waals surface area contributed by atoms with Crippen LogP contribution in [0, 0.1) is 12.3 Å². The molecule has 1 unspecified atom stereocenters. The summed E-state index contributed by atoms with van der Waals surface area (Å²) in [4.78, 5) is 17.2. The molecule has 0 radical (unpaired) electrons. The number of terminal acetylenes is 1. The Balaban J connectivity index is 4.12. The Bertz CT molecular complexity index is 176. The molecule has 0 heterocycles. The molecule has 0 spiro atoms. The molecule has 0 bridgehead atoms. The van der Waals surface area contributed by atoms with E-state index in [0.29, 0.717) is 12.8 Å². The molecule has 0 aliphatic rings. The van der Waals surface area contributed by atoms with Gasteiger partial charge in [0.15, 0.2) is 0 Å². The molecule has 0 fully saturated rings. The first-order chi connectivity index (χ1) is 4.52. The zero-order chi connectivity index (χ0) is 8.20. The molecular formula is C6H11O3P. The van der Waals surface area contributed by atoms with E-state index in [1.165, 1.54) is 0 Å². The fraction of sp³-hybridized carbons (Fsp3) is 0.667. The summed E-state index contributed by atoms with van der Waals surface area (Å²) in [5.41, 5.74) is -0.891. The van der Waals surface area contributed by atoms with Crippen LogP contribution in [-0.2, 0) is 4.57 Å². The van der Waals surface area contributed by atoms with E-state index in [0.717, 1.165) is 0 Å². The Labute approximate surface area is 60.6 Å². The van der Waals surface area contributed by atoms with Gasteiger partial charge in [0, 0.05) is 0 Å². The Morgan fingerprint density at radius 3 is 2.30 bits per heavy atom. The van der Waals surface area contributed by atoms with Crippen molar-refractivity contribution in [2.75, 3.05) is 0 Å². The second kappa shape index (κ2) is 3.78. The fourth-order valence-electron chi connectivity index (χ4n) is 0.622. The molecule has 0 aliphatic carbocycles. The summed E-state index contributed by atoms with van der Waals surface area (Å²) in [5.74, 6) is 2.08. The van der Waals surface area contributed by atoms with Gasteiger partial charge in [-0.1, -0.05) is 19.3 Å². The highest BCUT2D eigenvalue weighted by molar-refractivity contribution is 7.52. The zero-order valence-electron chi connectivity index (χ0n) is 5.82. The van der Waals surface area contributed by atoms with Crippen LogP contribution in [0.25, 0.3) is 0 Å². The second-order valence-corrected chi connectivity index (χ2v) is 3.86. The van der Waals surface area contributed by atoms with Gasteiger partial charge < -0.3 is 9.79 Å². The largest absolute Gasteiger partial charge is 0.340 e. The van der Waals surface area contributed by atoms with Gasteiger partial charge >= 0.3 is 7.60 Å². The van der Waals surface area contributed by atoms with E-state index >= 15 is 0 Å². The minimum atomic E-state index is -4.03. The monoisotopic (exact) mass is 162 g/mol. The highest BCUT2D eigenvalue weighted by Gasteiger charge is 2.24. The molecule has 0 rings (SSSR count). The molecule has 4 heteroatoms. The van der Waals surface area contributed by atoms with Crippen molar-refractivity contribution in [2.45, 2.75) is 25.4 Å². The van der Waals surface area contributed by atoms with E-state index in [1.807, 2.05) is 6.92 Å². The van der Waals surface area contributed by atoms with Crippen LogP contribution < -0.4 is 0 Å². The molecule has 0 aliphatic heterocycles. The van der Waals surface area contributed by atoms with Gasteiger partial charge in [0.1, 0.15) is 5.66 Å². The summed E-state index contributed by atoms with van der Waals surface area (Å²) in [6, 6.07) is 0. The Morgan fingerprint density at radius 1 is 1.70 bits per heavy atom. The maximum atomic E-state index is 10.5. The lowest BCUT2D eigenvalue weighted by molar-refractivity contribution is 0.363. The van der Waals surface area contributed by atoms with Gasteiger partial charge in [-0.25, -0.2) is 0 Å². The van der Waals surface area contributed by atoms with Crippen molar-refractivity contribution in [3.8, 4) is 12.3 Å². The number of hydrogen-bond donors (Lipinski definition) is 2. The SMILES string of the molecule is C#CC(CCC)P(=O)(O)O. The molecule has 0 aromatic rings. The van der Waals surface area contributed by atoms with Crippen molar-refractivity contribution in [1.29, 1.82) is 0 Å². The normalized spacial score (nSPS) is 14.2. The van der Waals surface area contributed by atoms with Crippen molar-refractivity contribution >= 4 is 7.60 Å².